The van der Waals surface area contributed by atoms with Gasteiger partial charge < -0.3 is 9.84 Å². The van der Waals surface area contributed by atoms with E-state index in [-0.39, 0.29) is 5.57 Å². The molecule has 2 N–H and O–H groups in total. The SMILES string of the molecule is CCO/C=C(\C#N)C(=O)NC(=O)O. The molecule has 6 heteroatoms. The Morgan fingerprint density at radius 1 is 1.69 bits per heavy atom. The van der Waals surface area contributed by atoms with Gasteiger partial charge in [0.2, 0.25) is 0 Å². The lowest BCUT2D eigenvalue weighted by Gasteiger charge is -1.97. The number of imide groups is 1. The van der Waals surface area contributed by atoms with Gasteiger partial charge in [-0.15, -0.1) is 0 Å². The minimum absolute atomic E-state index is 0.297. The molecule has 70 valence electrons. The standard InChI is InChI=1S/C7H8N2O4/c1-2-13-4-5(3-8)6(10)9-7(11)12/h4H,2H2,1H3,(H,9,10)(H,11,12)/b5-4+. The Balaban J connectivity index is 4.34. The van der Waals surface area contributed by atoms with Crippen molar-refractivity contribution in [2.75, 3.05) is 6.61 Å². The molecule has 0 saturated carbocycles. The molecule has 0 spiro atoms. The van der Waals surface area contributed by atoms with Crippen LogP contribution >= 0.6 is 0 Å². The van der Waals surface area contributed by atoms with Crippen molar-refractivity contribution < 1.29 is 19.4 Å². The molecule has 0 rings (SSSR count). The average Bonchev–Trinajstić information content (AvgIpc) is 2.04. The largest absolute Gasteiger partial charge is 0.500 e. The van der Waals surface area contributed by atoms with Crippen LogP contribution in [0, 0.1) is 11.3 Å². The predicted octanol–water partition coefficient (Wildman–Crippen LogP) is 0.225. The summed E-state index contributed by atoms with van der Waals surface area (Å²) in [5.74, 6) is -0.997. The number of carbonyl (C=O) groups is 2. The van der Waals surface area contributed by atoms with E-state index in [1.54, 1.807) is 6.92 Å². The fourth-order valence-electron chi connectivity index (χ4n) is 0.462. The molecule has 6 nitrogen and oxygen atoms in total. The highest BCUT2D eigenvalue weighted by atomic mass is 16.5. The zero-order chi connectivity index (χ0) is 10.3. The van der Waals surface area contributed by atoms with E-state index in [1.165, 1.54) is 11.4 Å². The van der Waals surface area contributed by atoms with Crippen molar-refractivity contribution in [3.8, 4) is 6.07 Å². The number of hydrogen-bond donors (Lipinski definition) is 2. The molecule has 0 bridgehead atoms. The average molecular weight is 184 g/mol. The van der Waals surface area contributed by atoms with Crippen LogP contribution in [-0.4, -0.2) is 23.7 Å². The highest BCUT2D eigenvalue weighted by Gasteiger charge is 2.11. The van der Waals surface area contributed by atoms with Gasteiger partial charge in [0, 0.05) is 0 Å². The first-order valence-electron chi connectivity index (χ1n) is 3.38. The van der Waals surface area contributed by atoms with Crippen molar-refractivity contribution in [3.05, 3.63) is 11.8 Å². The summed E-state index contributed by atoms with van der Waals surface area (Å²) in [6, 6.07) is 1.50. The Morgan fingerprint density at radius 2 is 2.31 bits per heavy atom. The highest BCUT2D eigenvalue weighted by Crippen LogP contribution is 1.92. The van der Waals surface area contributed by atoms with Crippen molar-refractivity contribution in [3.63, 3.8) is 0 Å². The van der Waals surface area contributed by atoms with Gasteiger partial charge in [0.1, 0.15) is 12.3 Å². The molecular formula is C7H8N2O4. The van der Waals surface area contributed by atoms with Gasteiger partial charge in [0.15, 0.2) is 5.57 Å². The summed E-state index contributed by atoms with van der Waals surface area (Å²) < 4.78 is 4.65. The number of nitrogens with zero attached hydrogens (tertiary/aromatic N) is 1. The van der Waals surface area contributed by atoms with Crippen LogP contribution in [0.1, 0.15) is 6.92 Å². The van der Waals surface area contributed by atoms with E-state index in [0.717, 1.165) is 6.26 Å². The quantitative estimate of drug-likeness (QED) is 0.371. The monoisotopic (exact) mass is 184 g/mol. The summed E-state index contributed by atoms with van der Waals surface area (Å²) in [4.78, 5) is 20.8. The van der Waals surface area contributed by atoms with Crippen LogP contribution < -0.4 is 5.32 Å². The summed E-state index contributed by atoms with van der Waals surface area (Å²) in [6.45, 7) is 1.96. The lowest BCUT2D eigenvalue weighted by Crippen LogP contribution is -2.29. The van der Waals surface area contributed by atoms with E-state index >= 15 is 0 Å². The van der Waals surface area contributed by atoms with Crippen LogP contribution in [0.25, 0.3) is 0 Å². The zero-order valence-corrected chi connectivity index (χ0v) is 6.90. The highest BCUT2D eigenvalue weighted by molar-refractivity contribution is 6.04. The second-order valence-electron chi connectivity index (χ2n) is 1.86. The molecule has 13 heavy (non-hydrogen) atoms. The number of carboxylic acid groups (broad SMARTS) is 1. The molecule has 0 aromatic heterocycles. The van der Waals surface area contributed by atoms with Gasteiger partial charge in [-0.2, -0.15) is 5.26 Å². The maximum absolute atomic E-state index is 10.8. The molecule has 0 heterocycles. The van der Waals surface area contributed by atoms with Crippen LogP contribution in [0.3, 0.4) is 0 Å². The molecule has 0 aromatic rings. The molecule has 0 aromatic carbocycles. The Hall–Kier alpha value is -2.03. The molecule has 0 aliphatic carbocycles. The molecule has 0 atom stereocenters. The van der Waals surface area contributed by atoms with Crippen molar-refractivity contribution in [2.45, 2.75) is 6.92 Å². The number of rotatable bonds is 3. The van der Waals surface area contributed by atoms with E-state index in [9.17, 15) is 9.59 Å². The van der Waals surface area contributed by atoms with Crippen molar-refractivity contribution in [2.24, 2.45) is 0 Å². The summed E-state index contributed by atoms with van der Waals surface area (Å²) in [7, 11) is 0. The van der Waals surface area contributed by atoms with Crippen LogP contribution in [-0.2, 0) is 9.53 Å². The van der Waals surface area contributed by atoms with Crippen LogP contribution in [0.2, 0.25) is 0 Å². The maximum Gasteiger partial charge on any atom is 0.411 e. The topological polar surface area (TPSA) is 99.4 Å². The minimum atomic E-state index is -1.51. The van der Waals surface area contributed by atoms with Crippen molar-refractivity contribution in [1.29, 1.82) is 5.26 Å². The Bertz CT molecular complexity index is 277. The Kier molecular flexibility index (Phi) is 4.72. The molecule has 0 saturated heterocycles. The lowest BCUT2D eigenvalue weighted by molar-refractivity contribution is -0.116. The number of nitrogens with one attached hydrogen (secondary N) is 1. The van der Waals surface area contributed by atoms with Gasteiger partial charge in [0.25, 0.3) is 5.91 Å². The Labute approximate surface area is 74.4 Å². The minimum Gasteiger partial charge on any atom is -0.500 e. The molecule has 2 amide bonds. The molecule has 0 radical (unpaired) electrons. The van der Waals surface area contributed by atoms with E-state index in [1.807, 2.05) is 0 Å². The number of amides is 2. The summed E-state index contributed by atoms with van der Waals surface area (Å²) >= 11 is 0. The normalized spacial score (nSPS) is 10.0. The Morgan fingerprint density at radius 3 is 2.69 bits per heavy atom. The number of ether oxygens (including phenoxy) is 1. The smallest absolute Gasteiger partial charge is 0.411 e. The number of carbonyl (C=O) groups excluding carboxylic acids is 1. The third kappa shape index (κ3) is 4.42. The third-order valence-corrected chi connectivity index (χ3v) is 0.953. The fraction of sp³-hybridized carbons (Fsp3) is 0.286. The van der Waals surface area contributed by atoms with Crippen LogP contribution in [0.5, 0.6) is 0 Å². The second-order valence-corrected chi connectivity index (χ2v) is 1.86. The van der Waals surface area contributed by atoms with Crippen LogP contribution in [0.15, 0.2) is 11.8 Å². The van der Waals surface area contributed by atoms with Crippen molar-refractivity contribution in [1.82, 2.24) is 5.32 Å². The van der Waals surface area contributed by atoms with E-state index in [2.05, 4.69) is 4.74 Å². The third-order valence-electron chi connectivity index (χ3n) is 0.953. The first-order chi connectivity index (χ1) is 6.11. The van der Waals surface area contributed by atoms with Crippen molar-refractivity contribution >= 4 is 12.0 Å². The second kappa shape index (κ2) is 5.60. The molecule has 0 fully saturated rings. The molecule has 0 aliphatic heterocycles. The lowest BCUT2D eigenvalue weighted by atomic mass is 10.3. The molecule has 0 aliphatic rings. The van der Waals surface area contributed by atoms with Gasteiger partial charge in [-0.05, 0) is 6.92 Å². The van der Waals surface area contributed by atoms with Gasteiger partial charge in [0.05, 0.1) is 6.61 Å². The number of nitriles is 1. The molecular weight excluding hydrogens is 176 g/mol. The van der Waals surface area contributed by atoms with Gasteiger partial charge in [-0.3, -0.25) is 10.1 Å². The van der Waals surface area contributed by atoms with Gasteiger partial charge in [-0.25, -0.2) is 4.79 Å². The van der Waals surface area contributed by atoms with E-state index in [0.29, 0.717) is 6.61 Å². The first-order valence-corrected chi connectivity index (χ1v) is 3.38. The van der Waals surface area contributed by atoms with Crippen LogP contribution in [0.4, 0.5) is 4.79 Å². The van der Waals surface area contributed by atoms with E-state index in [4.69, 9.17) is 10.4 Å². The summed E-state index contributed by atoms with van der Waals surface area (Å²) in [6.07, 6.45) is -0.596. The predicted molar refractivity (Wildman–Crippen MR) is 41.5 cm³/mol. The summed E-state index contributed by atoms with van der Waals surface area (Å²) in [5.41, 5.74) is -0.385. The van der Waals surface area contributed by atoms with Gasteiger partial charge >= 0.3 is 6.09 Å². The number of hydrogen-bond acceptors (Lipinski definition) is 4. The summed E-state index contributed by atoms with van der Waals surface area (Å²) in [5, 5.41) is 18.0. The molecule has 0 unspecified atom stereocenters. The van der Waals surface area contributed by atoms with E-state index < -0.39 is 12.0 Å². The first kappa shape index (κ1) is 11.0. The maximum atomic E-state index is 10.8. The fourth-order valence-corrected chi connectivity index (χ4v) is 0.462. The zero-order valence-electron chi connectivity index (χ0n) is 6.90. The van der Waals surface area contributed by atoms with Gasteiger partial charge in [-0.1, -0.05) is 0 Å².